The van der Waals surface area contributed by atoms with Gasteiger partial charge in [0.15, 0.2) is 6.29 Å². The zero-order chi connectivity index (χ0) is 15.4. The number of halogens is 2. The van der Waals surface area contributed by atoms with Gasteiger partial charge in [0.05, 0.1) is 9.90 Å². The molecule has 0 fully saturated rings. The molecule has 0 aliphatic heterocycles. The monoisotopic (exact) mass is 346 g/mol. The summed E-state index contributed by atoms with van der Waals surface area (Å²) in [5.41, 5.74) is 0.271. The Morgan fingerprint density at radius 3 is 2.67 bits per heavy atom. The Hall–Kier alpha value is -1.11. The van der Waals surface area contributed by atoms with Gasteiger partial charge in [-0.3, -0.25) is 4.79 Å². The Morgan fingerprint density at radius 1 is 1.29 bits per heavy atom. The van der Waals surface area contributed by atoms with Gasteiger partial charge in [-0.2, -0.15) is 0 Å². The van der Waals surface area contributed by atoms with E-state index in [1.807, 2.05) is 0 Å². The van der Waals surface area contributed by atoms with Crippen molar-refractivity contribution < 1.29 is 19.7 Å². The summed E-state index contributed by atoms with van der Waals surface area (Å²) in [6.07, 6.45) is -1.15. The van der Waals surface area contributed by atoms with E-state index < -0.39 is 6.29 Å². The number of aliphatic hydroxyl groups excluding tert-OH is 2. The van der Waals surface area contributed by atoms with E-state index in [1.54, 1.807) is 17.5 Å². The highest BCUT2D eigenvalue weighted by atomic mass is 35.5. The summed E-state index contributed by atoms with van der Waals surface area (Å²) in [7, 11) is 0. The quantitative estimate of drug-likeness (QED) is 0.621. The molecule has 0 aliphatic carbocycles. The fourth-order valence-corrected chi connectivity index (χ4v) is 2.78. The Bertz CT molecular complexity index is 628. The molecule has 0 spiro atoms. The van der Waals surface area contributed by atoms with Crippen LogP contribution in [0, 0.1) is 0 Å². The summed E-state index contributed by atoms with van der Waals surface area (Å²) in [5, 5.41) is 20.1. The van der Waals surface area contributed by atoms with Crippen LogP contribution in [0.1, 0.15) is 21.7 Å². The van der Waals surface area contributed by atoms with E-state index in [1.165, 1.54) is 23.5 Å². The zero-order valence-electron chi connectivity index (χ0n) is 10.8. The number of thiophene rings is 1. The number of ether oxygens (including phenoxy) is 1. The first-order chi connectivity index (χ1) is 10.0. The maximum atomic E-state index is 12.3. The van der Waals surface area contributed by atoms with Gasteiger partial charge in [0.1, 0.15) is 10.8 Å². The Kier molecular flexibility index (Phi) is 5.61. The molecule has 112 valence electrons. The molecule has 0 aliphatic rings. The van der Waals surface area contributed by atoms with Gasteiger partial charge in [-0.15, -0.1) is 11.3 Å². The third kappa shape index (κ3) is 3.75. The Labute approximate surface area is 135 Å². The van der Waals surface area contributed by atoms with Crippen LogP contribution in [0.4, 0.5) is 0 Å². The van der Waals surface area contributed by atoms with Gasteiger partial charge in [0.2, 0.25) is 5.78 Å². The summed E-state index contributed by atoms with van der Waals surface area (Å²) < 4.78 is 5.16. The number of hydrogen-bond acceptors (Lipinski definition) is 5. The number of aliphatic hydroxyl groups is 2. The lowest BCUT2D eigenvalue weighted by Gasteiger charge is -2.15. The molecule has 0 radical (unpaired) electrons. The molecule has 1 unspecified atom stereocenters. The maximum absolute atomic E-state index is 12.3. The summed E-state index contributed by atoms with van der Waals surface area (Å²) in [4.78, 5) is 12.8. The van der Waals surface area contributed by atoms with E-state index in [4.69, 9.17) is 33.0 Å². The number of hydrogen-bond donors (Lipinski definition) is 2. The molecule has 1 aromatic carbocycles. The average Bonchev–Trinajstić information content (AvgIpc) is 2.98. The maximum Gasteiger partial charge on any atom is 0.204 e. The van der Waals surface area contributed by atoms with Gasteiger partial charge in [-0.1, -0.05) is 29.3 Å². The normalized spacial score (nSPS) is 12.2. The summed E-state index contributed by atoms with van der Waals surface area (Å²) in [5.74, 6) is -0.0651. The SMILES string of the molecule is O=C(c1cccs1)c1ccc(OC(O)CCO)c(Cl)c1Cl. The molecule has 7 heteroatoms. The van der Waals surface area contributed by atoms with Crippen LogP contribution in [-0.4, -0.2) is 28.9 Å². The van der Waals surface area contributed by atoms with Crippen LogP contribution in [0.2, 0.25) is 10.0 Å². The van der Waals surface area contributed by atoms with Crippen LogP contribution in [-0.2, 0) is 0 Å². The number of rotatable bonds is 6. The van der Waals surface area contributed by atoms with Gasteiger partial charge in [-0.25, -0.2) is 0 Å². The Morgan fingerprint density at radius 2 is 2.05 bits per heavy atom. The third-order valence-electron chi connectivity index (χ3n) is 2.68. The minimum atomic E-state index is -1.19. The van der Waals surface area contributed by atoms with Crippen molar-refractivity contribution in [1.29, 1.82) is 0 Å². The van der Waals surface area contributed by atoms with Crippen LogP contribution >= 0.6 is 34.5 Å². The van der Waals surface area contributed by atoms with E-state index in [0.717, 1.165) is 0 Å². The predicted molar refractivity (Wildman–Crippen MR) is 82.6 cm³/mol. The van der Waals surface area contributed by atoms with E-state index in [2.05, 4.69) is 0 Å². The number of ketones is 1. The molecule has 1 atom stereocenters. The minimum absolute atomic E-state index is 0.0455. The van der Waals surface area contributed by atoms with Gasteiger partial charge in [-0.05, 0) is 23.6 Å². The lowest BCUT2D eigenvalue weighted by atomic mass is 10.1. The standard InChI is InChI=1S/C14H12Cl2O4S/c15-12-8(14(19)10-2-1-7-21-10)3-4-9(13(12)16)20-11(18)5-6-17/h1-4,7,11,17-18H,5-6H2. The van der Waals surface area contributed by atoms with Crippen molar-refractivity contribution in [2.45, 2.75) is 12.7 Å². The van der Waals surface area contributed by atoms with E-state index in [0.29, 0.717) is 4.88 Å². The molecule has 2 N–H and O–H groups in total. The summed E-state index contributed by atoms with van der Waals surface area (Å²) >= 11 is 13.5. The zero-order valence-corrected chi connectivity index (χ0v) is 13.1. The van der Waals surface area contributed by atoms with Gasteiger partial charge in [0.25, 0.3) is 0 Å². The molecule has 1 aromatic heterocycles. The highest BCUT2D eigenvalue weighted by Gasteiger charge is 2.19. The minimum Gasteiger partial charge on any atom is -0.463 e. The van der Waals surface area contributed by atoms with Crippen molar-refractivity contribution in [1.82, 2.24) is 0 Å². The highest BCUT2D eigenvalue weighted by Crippen LogP contribution is 2.36. The second kappa shape index (κ2) is 7.24. The second-order valence-electron chi connectivity index (χ2n) is 4.13. The predicted octanol–water partition coefficient (Wildman–Crippen LogP) is 3.37. The van der Waals surface area contributed by atoms with Gasteiger partial charge >= 0.3 is 0 Å². The number of benzene rings is 1. The fourth-order valence-electron chi connectivity index (χ4n) is 1.65. The molecule has 0 bridgehead atoms. The first-order valence-corrected chi connectivity index (χ1v) is 7.70. The molecule has 2 aromatic rings. The fraction of sp³-hybridized carbons (Fsp3) is 0.214. The molecular formula is C14H12Cl2O4S. The largest absolute Gasteiger partial charge is 0.463 e. The van der Waals surface area contributed by atoms with Crippen LogP contribution in [0.15, 0.2) is 29.6 Å². The first-order valence-electron chi connectivity index (χ1n) is 6.06. The van der Waals surface area contributed by atoms with Crippen LogP contribution in [0.5, 0.6) is 5.75 Å². The third-order valence-corrected chi connectivity index (χ3v) is 4.41. The molecule has 0 amide bonds. The van der Waals surface area contributed by atoms with Gasteiger partial charge in [0, 0.05) is 18.6 Å². The smallest absolute Gasteiger partial charge is 0.204 e. The van der Waals surface area contributed by atoms with Crippen molar-refractivity contribution in [3.63, 3.8) is 0 Å². The van der Waals surface area contributed by atoms with Crippen LogP contribution in [0.3, 0.4) is 0 Å². The van der Waals surface area contributed by atoms with Crippen LogP contribution in [0.25, 0.3) is 0 Å². The van der Waals surface area contributed by atoms with Crippen molar-refractivity contribution in [2.24, 2.45) is 0 Å². The van der Waals surface area contributed by atoms with Crippen molar-refractivity contribution >= 4 is 40.3 Å². The topological polar surface area (TPSA) is 66.8 Å². The molecule has 0 saturated heterocycles. The van der Waals surface area contributed by atoms with Gasteiger partial charge < -0.3 is 14.9 Å². The first kappa shape index (κ1) is 16.3. The molecule has 1 heterocycles. The Balaban J connectivity index is 2.27. The number of carbonyl (C=O) groups excluding carboxylic acids is 1. The average molecular weight is 347 g/mol. The van der Waals surface area contributed by atoms with E-state index >= 15 is 0 Å². The lowest BCUT2D eigenvalue weighted by molar-refractivity contribution is -0.0326. The lowest BCUT2D eigenvalue weighted by Crippen LogP contribution is -2.17. The van der Waals surface area contributed by atoms with Crippen molar-refractivity contribution in [3.8, 4) is 5.75 Å². The number of carbonyl (C=O) groups is 1. The molecule has 2 rings (SSSR count). The molecular weight excluding hydrogens is 335 g/mol. The molecule has 4 nitrogen and oxygen atoms in total. The molecule has 0 saturated carbocycles. The summed E-state index contributed by atoms with van der Waals surface area (Å²) in [6, 6.07) is 6.44. The van der Waals surface area contributed by atoms with Crippen LogP contribution < -0.4 is 4.74 Å². The molecule has 21 heavy (non-hydrogen) atoms. The highest BCUT2D eigenvalue weighted by molar-refractivity contribution is 7.12. The van der Waals surface area contributed by atoms with E-state index in [9.17, 15) is 9.90 Å². The van der Waals surface area contributed by atoms with Crippen molar-refractivity contribution in [3.05, 3.63) is 50.1 Å². The summed E-state index contributed by atoms with van der Waals surface area (Å²) in [6.45, 7) is -0.221. The van der Waals surface area contributed by atoms with Crippen molar-refractivity contribution in [2.75, 3.05) is 6.61 Å². The van der Waals surface area contributed by atoms with E-state index in [-0.39, 0.29) is 40.2 Å². The second-order valence-corrected chi connectivity index (χ2v) is 5.83.